The summed E-state index contributed by atoms with van der Waals surface area (Å²) in [6.07, 6.45) is -0.771. The number of hydrogen-bond donors (Lipinski definition) is 0. The van der Waals surface area contributed by atoms with Gasteiger partial charge in [-0.2, -0.15) is 13.7 Å². The lowest BCUT2D eigenvalue weighted by Crippen LogP contribution is -2.67. The molecule has 38 heavy (non-hydrogen) atoms. The van der Waals surface area contributed by atoms with Gasteiger partial charge in [-0.1, -0.05) is 81.4 Å². The van der Waals surface area contributed by atoms with Crippen molar-refractivity contribution >= 4 is 28.8 Å². The lowest BCUT2D eigenvalue weighted by molar-refractivity contribution is -0.185. The highest BCUT2D eigenvalue weighted by Crippen LogP contribution is 2.42. The summed E-state index contributed by atoms with van der Waals surface area (Å²) in [6, 6.07) is 22.5. The van der Waals surface area contributed by atoms with Gasteiger partial charge in [0.1, 0.15) is 36.7 Å². The monoisotopic (exact) mass is 557 g/mol. The van der Waals surface area contributed by atoms with Gasteiger partial charge < -0.3 is 22.8 Å². The zero-order valence-corrected chi connectivity index (χ0v) is 24.4. The van der Waals surface area contributed by atoms with Crippen molar-refractivity contribution in [1.82, 2.24) is 0 Å². The summed E-state index contributed by atoms with van der Waals surface area (Å²) in [5, 5.41) is 11.8. The van der Waals surface area contributed by atoms with E-state index in [1.54, 1.807) is 13.8 Å². The maximum absolute atomic E-state index is 11.5. The lowest BCUT2D eigenvalue weighted by atomic mass is 10.0. The molecule has 0 aromatic heterocycles. The quantitative estimate of drug-likeness (QED) is 0.211. The molecule has 2 aromatic carbocycles. The third-order valence-corrected chi connectivity index (χ3v) is 12.3. The molecule has 0 bridgehead atoms. The van der Waals surface area contributed by atoms with E-state index in [4.69, 9.17) is 22.8 Å². The summed E-state index contributed by atoms with van der Waals surface area (Å²) in [5.74, 6) is -0.911. The molecule has 10 heteroatoms. The minimum Gasteiger partial charge on any atom is -0.405 e. The molecule has 2 saturated heterocycles. The number of fused-ring (bicyclic) bond motifs is 1. The number of benzene rings is 2. The zero-order chi connectivity index (χ0) is 27.8. The summed E-state index contributed by atoms with van der Waals surface area (Å²) < 4.78 is 53.6. The molecule has 8 nitrogen and oxygen atoms in total. The smallest absolute Gasteiger partial charge is 0.305 e. The normalized spacial score (nSPS) is 25.6. The highest BCUT2D eigenvalue weighted by atomic mass is 32.2. The van der Waals surface area contributed by atoms with Gasteiger partial charge in [0.2, 0.25) is 0 Å². The van der Waals surface area contributed by atoms with Crippen LogP contribution in [0.25, 0.3) is 0 Å². The van der Waals surface area contributed by atoms with Crippen LogP contribution in [0.15, 0.2) is 72.5 Å². The van der Waals surface area contributed by atoms with Gasteiger partial charge >= 0.3 is 10.1 Å². The molecule has 2 heterocycles. The van der Waals surface area contributed by atoms with E-state index in [2.05, 4.69) is 45.0 Å². The first kappa shape index (κ1) is 28.5. The first-order chi connectivity index (χ1) is 17.8. The van der Waals surface area contributed by atoms with Gasteiger partial charge in [0.15, 0.2) is 5.79 Å². The molecule has 0 amide bonds. The topological polar surface area (TPSA) is 104 Å². The third kappa shape index (κ3) is 5.73. The van der Waals surface area contributed by atoms with E-state index >= 15 is 0 Å². The first-order valence-corrected chi connectivity index (χ1v) is 16.2. The minimum atomic E-state index is -3.80. The van der Waals surface area contributed by atoms with Crippen LogP contribution in [-0.4, -0.2) is 59.8 Å². The van der Waals surface area contributed by atoms with Crippen LogP contribution in [0.4, 0.5) is 0 Å². The number of hydrogen-bond acceptors (Lipinski definition) is 8. The fourth-order valence-electron chi connectivity index (χ4n) is 5.33. The van der Waals surface area contributed by atoms with Crippen LogP contribution < -0.4 is 10.4 Å². The third-order valence-electron chi connectivity index (χ3n) is 6.82. The lowest BCUT2D eigenvalue weighted by Gasteiger charge is -2.43. The molecule has 0 aliphatic carbocycles. The van der Waals surface area contributed by atoms with E-state index in [0.717, 1.165) is 22.9 Å². The molecule has 0 radical (unpaired) electrons. The molecule has 4 atom stereocenters. The van der Waals surface area contributed by atoms with Crippen LogP contribution in [0.3, 0.4) is 0 Å². The van der Waals surface area contributed by atoms with E-state index in [1.165, 1.54) is 0 Å². The fourth-order valence-corrected chi connectivity index (χ4v) is 10.2. The SMILES string of the molecule is CC1(C)O[C@@H]2[C@@H](CO[Si](c3ccccc3)(c3ccccc3)C(C)(C)C)OC(/C(C#N)=C/OS(C)(=O)=O)[C@@H]2O1. The van der Waals surface area contributed by atoms with E-state index in [0.29, 0.717) is 0 Å². The van der Waals surface area contributed by atoms with Crippen LogP contribution in [0.2, 0.25) is 5.04 Å². The van der Waals surface area contributed by atoms with Crippen LogP contribution in [0.5, 0.6) is 0 Å². The molecule has 2 aliphatic rings. The van der Waals surface area contributed by atoms with Crippen molar-refractivity contribution in [1.29, 1.82) is 5.26 Å². The molecule has 0 spiro atoms. The van der Waals surface area contributed by atoms with Crippen molar-refractivity contribution < 1.29 is 31.2 Å². The number of nitrogens with zero attached hydrogens (tertiary/aromatic N) is 1. The second-order valence-electron chi connectivity index (χ2n) is 11.1. The van der Waals surface area contributed by atoms with Gasteiger partial charge in [-0.3, -0.25) is 0 Å². The standard InChI is InChI=1S/C28H35NO7SSi/c1-27(2,3)38(21-13-9-7-10-14-21,22-15-11-8-12-16-22)33-19-23-25-26(36-28(4,5)35-25)24(34-23)20(17-29)18-32-37(6,30)31/h7-16,18,23-26H,19H2,1-6H3/b20-18+/t23-,24?,25-,26+/m1/s1. The Bertz CT molecular complexity index is 1260. The van der Waals surface area contributed by atoms with Gasteiger partial charge in [0.25, 0.3) is 8.32 Å². The van der Waals surface area contributed by atoms with Crippen molar-refractivity contribution in [2.45, 2.75) is 69.9 Å². The van der Waals surface area contributed by atoms with Crippen LogP contribution >= 0.6 is 0 Å². The van der Waals surface area contributed by atoms with Crippen LogP contribution in [0.1, 0.15) is 34.6 Å². The molecular weight excluding hydrogens is 522 g/mol. The average Bonchev–Trinajstić information content (AvgIpc) is 3.33. The van der Waals surface area contributed by atoms with Crippen molar-refractivity contribution in [2.24, 2.45) is 0 Å². The van der Waals surface area contributed by atoms with E-state index < -0.39 is 48.6 Å². The van der Waals surface area contributed by atoms with Crippen molar-refractivity contribution in [3.8, 4) is 6.07 Å². The molecule has 2 fully saturated rings. The molecule has 2 aliphatic heterocycles. The second kappa shape index (κ2) is 10.6. The van der Waals surface area contributed by atoms with Crippen LogP contribution in [0, 0.1) is 11.3 Å². The largest absolute Gasteiger partial charge is 0.405 e. The maximum Gasteiger partial charge on any atom is 0.305 e. The zero-order valence-electron chi connectivity index (χ0n) is 22.6. The number of ether oxygens (including phenoxy) is 3. The Labute approximate surface area is 226 Å². The van der Waals surface area contributed by atoms with Crippen molar-refractivity contribution in [2.75, 3.05) is 12.9 Å². The maximum atomic E-state index is 11.5. The van der Waals surface area contributed by atoms with E-state index in [-0.39, 0.29) is 17.2 Å². The average molecular weight is 558 g/mol. The Kier molecular flexibility index (Phi) is 7.92. The van der Waals surface area contributed by atoms with Crippen molar-refractivity contribution in [3.63, 3.8) is 0 Å². The van der Waals surface area contributed by atoms with Gasteiger partial charge in [0, 0.05) is 0 Å². The summed E-state index contributed by atoms with van der Waals surface area (Å²) in [5.41, 5.74) is -0.000303. The Morgan fingerprint density at radius 1 is 1.03 bits per heavy atom. The van der Waals surface area contributed by atoms with E-state index in [9.17, 15) is 13.7 Å². The highest BCUT2D eigenvalue weighted by Gasteiger charge is 2.58. The highest BCUT2D eigenvalue weighted by molar-refractivity contribution is 7.86. The van der Waals surface area contributed by atoms with Gasteiger partial charge in [-0.25, -0.2) is 0 Å². The van der Waals surface area contributed by atoms with E-state index in [1.807, 2.05) is 42.5 Å². The second-order valence-corrected chi connectivity index (χ2v) is 17.0. The molecule has 4 rings (SSSR count). The number of rotatable bonds is 8. The molecule has 0 N–H and O–H groups in total. The molecular formula is C28H35NO7SSi. The Balaban J connectivity index is 1.70. The predicted molar refractivity (Wildman–Crippen MR) is 146 cm³/mol. The van der Waals surface area contributed by atoms with Crippen molar-refractivity contribution in [3.05, 3.63) is 72.5 Å². The Morgan fingerprint density at radius 3 is 2.03 bits per heavy atom. The molecule has 2 aromatic rings. The van der Waals surface area contributed by atoms with Crippen LogP contribution in [-0.2, 0) is 32.9 Å². The minimum absolute atomic E-state index is 0.000303. The summed E-state index contributed by atoms with van der Waals surface area (Å²) in [7, 11) is -6.65. The van der Waals surface area contributed by atoms with Gasteiger partial charge in [0.05, 0.1) is 18.4 Å². The van der Waals surface area contributed by atoms with Gasteiger partial charge in [-0.05, 0) is 29.3 Å². The summed E-state index contributed by atoms with van der Waals surface area (Å²) >= 11 is 0. The molecule has 204 valence electrons. The first-order valence-electron chi connectivity index (χ1n) is 12.5. The summed E-state index contributed by atoms with van der Waals surface area (Å²) in [4.78, 5) is 0. The Morgan fingerprint density at radius 2 is 1.55 bits per heavy atom. The summed E-state index contributed by atoms with van der Waals surface area (Å²) in [6.45, 7) is 10.4. The Hall–Kier alpha value is -2.52. The van der Waals surface area contributed by atoms with Gasteiger partial charge in [-0.15, -0.1) is 0 Å². The molecule has 1 unspecified atom stereocenters. The number of nitriles is 1. The predicted octanol–water partition coefficient (Wildman–Crippen LogP) is 3.23. The fraction of sp³-hybridized carbons (Fsp3) is 0.464. The molecule has 0 saturated carbocycles.